The van der Waals surface area contributed by atoms with Crippen molar-refractivity contribution in [1.82, 2.24) is 0 Å². The van der Waals surface area contributed by atoms with Crippen LogP contribution in [0.15, 0.2) is 24.3 Å². The maximum Gasteiger partial charge on any atom is 0.308 e. The van der Waals surface area contributed by atoms with Crippen molar-refractivity contribution in [3.8, 4) is 5.75 Å². The van der Waals surface area contributed by atoms with E-state index >= 15 is 0 Å². The molecule has 1 aromatic rings. The molecule has 1 aromatic carbocycles. The van der Waals surface area contributed by atoms with Gasteiger partial charge in [-0.1, -0.05) is 67.5 Å². The lowest BCUT2D eigenvalue weighted by Gasteiger charge is -2.47. The van der Waals surface area contributed by atoms with Crippen LogP contribution in [0.25, 0.3) is 0 Å². The van der Waals surface area contributed by atoms with Crippen LogP contribution in [0.2, 0.25) is 36.3 Å². The van der Waals surface area contributed by atoms with Gasteiger partial charge in [-0.05, 0) is 88.6 Å². The van der Waals surface area contributed by atoms with Crippen LogP contribution in [0.3, 0.4) is 0 Å². The molecule has 0 bridgehead atoms. The zero-order valence-corrected chi connectivity index (χ0v) is 34.9. The Labute approximate surface area is 283 Å². The number of methoxy groups -OCH3 is 1. The van der Waals surface area contributed by atoms with E-state index in [9.17, 15) is 4.79 Å². The van der Waals surface area contributed by atoms with E-state index in [1.54, 1.807) is 7.11 Å². The van der Waals surface area contributed by atoms with E-state index in [0.717, 1.165) is 11.3 Å². The standard InChI is InChI=1S/C36H68O6SSi2/c1-26(24-39-25-28-19-21-29(38-14)22-20-28)32(42-45(17,18)35(9,10)11)27(2)43-36(12,13)30(23-31(37)40-33(3,4)5)41-44(15,16)34(6,7)8/h19-22,26-27,30,32H,23-25H2,1-18H3/t26-,27+,30?,32-/m0/s1. The van der Waals surface area contributed by atoms with Crippen molar-refractivity contribution in [2.45, 2.75) is 167 Å². The molecule has 0 heterocycles. The van der Waals surface area contributed by atoms with E-state index in [1.807, 2.05) is 56.8 Å². The number of hydrogen-bond acceptors (Lipinski definition) is 7. The number of hydrogen-bond donors (Lipinski definition) is 0. The lowest BCUT2D eigenvalue weighted by molar-refractivity contribution is -0.157. The largest absolute Gasteiger partial charge is 0.497 e. The molecule has 6 nitrogen and oxygen atoms in total. The molecule has 262 valence electrons. The van der Waals surface area contributed by atoms with Gasteiger partial charge in [-0.25, -0.2) is 0 Å². The maximum atomic E-state index is 13.2. The number of ether oxygens (including phenoxy) is 3. The van der Waals surface area contributed by atoms with Gasteiger partial charge in [0.25, 0.3) is 0 Å². The fraction of sp³-hybridized carbons (Fsp3) is 0.806. The highest BCUT2D eigenvalue weighted by atomic mass is 32.2. The average Bonchev–Trinajstić information content (AvgIpc) is 2.84. The maximum absolute atomic E-state index is 13.2. The molecule has 1 rings (SSSR count). The molecule has 0 aliphatic carbocycles. The van der Waals surface area contributed by atoms with Crippen molar-refractivity contribution in [1.29, 1.82) is 0 Å². The second-order valence-corrected chi connectivity index (χ2v) is 28.8. The number of carbonyl (C=O) groups is 1. The van der Waals surface area contributed by atoms with E-state index in [-0.39, 0.29) is 50.6 Å². The van der Waals surface area contributed by atoms with Crippen molar-refractivity contribution in [3.05, 3.63) is 29.8 Å². The third-order valence-corrected chi connectivity index (χ3v) is 19.8. The predicted octanol–water partition coefficient (Wildman–Crippen LogP) is 10.3. The van der Waals surface area contributed by atoms with Crippen LogP contribution in [0, 0.1) is 5.92 Å². The molecule has 0 saturated carbocycles. The molecule has 0 aromatic heterocycles. The first-order valence-electron chi connectivity index (χ1n) is 16.6. The summed E-state index contributed by atoms with van der Waals surface area (Å²) >= 11 is 1.86. The highest BCUT2D eigenvalue weighted by Gasteiger charge is 2.47. The molecule has 0 N–H and O–H groups in total. The number of esters is 1. The first kappa shape index (κ1) is 42.2. The van der Waals surface area contributed by atoms with Gasteiger partial charge in [0.15, 0.2) is 16.6 Å². The summed E-state index contributed by atoms with van der Waals surface area (Å²) < 4.78 is 31.2. The zero-order chi connectivity index (χ0) is 35.2. The molecule has 0 radical (unpaired) electrons. The Morgan fingerprint density at radius 3 is 1.73 bits per heavy atom. The van der Waals surface area contributed by atoms with Crippen LogP contribution in [0.4, 0.5) is 0 Å². The van der Waals surface area contributed by atoms with E-state index in [2.05, 4.69) is 95.4 Å². The van der Waals surface area contributed by atoms with Crippen LogP contribution in [-0.2, 0) is 29.7 Å². The summed E-state index contributed by atoms with van der Waals surface area (Å²) in [6.45, 7) is 38.5. The molecule has 9 heteroatoms. The van der Waals surface area contributed by atoms with Gasteiger partial charge >= 0.3 is 5.97 Å². The van der Waals surface area contributed by atoms with Gasteiger partial charge in [-0.15, -0.1) is 11.8 Å². The van der Waals surface area contributed by atoms with Crippen molar-refractivity contribution in [2.75, 3.05) is 13.7 Å². The minimum Gasteiger partial charge on any atom is -0.497 e. The smallest absolute Gasteiger partial charge is 0.308 e. The number of rotatable bonds is 16. The molecule has 0 saturated heterocycles. The summed E-state index contributed by atoms with van der Waals surface area (Å²) in [4.78, 5) is 13.2. The van der Waals surface area contributed by atoms with Crippen LogP contribution >= 0.6 is 11.8 Å². The summed E-state index contributed by atoms with van der Waals surface area (Å²) in [6.07, 6.45) is -0.137. The van der Waals surface area contributed by atoms with Gasteiger partial charge in [0.2, 0.25) is 0 Å². The Balaban J connectivity index is 3.31. The van der Waals surface area contributed by atoms with E-state index in [0.29, 0.717) is 13.2 Å². The molecule has 0 aliphatic heterocycles. The Morgan fingerprint density at radius 1 is 0.800 bits per heavy atom. The fourth-order valence-electron chi connectivity index (χ4n) is 4.49. The fourth-order valence-corrected chi connectivity index (χ4v) is 9.29. The molecule has 4 atom stereocenters. The van der Waals surface area contributed by atoms with Crippen molar-refractivity contribution in [2.24, 2.45) is 5.92 Å². The Hall–Kier alpha value is -0.846. The summed E-state index contributed by atoms with van der Waals surface area (Å²) in [5.74, 6) is 0.772. The second-order valence-electron chi connectivity index (χ2n) is 17.3. The first-order chi connectivity index (χ1) is 20.1. The molecule has 0 fully saturated rings. The lowest BCUT2D eigenvalue weighted by atomic mass is 10.0. The minimum absolute atomic E-state index is 0.00919. The van der Waals surface area contributed by atoms with Crippen LogP contribution in [0.1, 0.15) is 102 Å². The Bertz CT molecular complexity index is 1050. The highest BCUT2D eigenvalue weighted by molar-refractivity contribution is 8.01. The molecule has 0 amide bonds. The molecule has 0 spiro atoms. The Morgan fingerprint density at radius 2 is 1.29 bits per heavy atom. The topological polar surface area (TPSA) is 63.2 Å². The third kappa shape index (κ3) is 13.7. The number of carbonyl (C=O) groups excluding carboxylic acids is 1. The van der Waals surface area contributed by atoms with E-state index in [4.69, 9.17) is 23.1 Å². The quantitative estimate of drug-likeness (QED) is 0.127. The minimum atomic E-state index is -2.20. The molecular formula is C36H68O6SSi2. The van der Waals surface area contributed by atoms with Crippen LogP contribution in [0.5, 0.6) is 5.75 Å². The summed E-state index contributed by atoms with van der Waals surface area (Å²) in [7, 11) is -2.63. The molecule has 45 heavy (non-hydrogen) atoms. The monoisotopic (exact) mass is 684 g/mol. The van der Waals surface area contributed by atoms with Crippen LogP contribution in [-0.4, -0.2) is 64.1 Å². The second kappa shape index (κ2) is 16.0. The van der Waals surface area contributed by atoms with Crippen LogP contribution < -0.4 is 4.74 Å². The van der Waals surface area contributed by atoms with Gasteiger partial charge in [-0.3, -0.25) is 4.79 Å². The van der Waals surface area contributed by atoms with Gasteiger partial charge in [0, 0.05) is 15.9 Å². The highest BCUT2D eigenvalue weighted by Crippen LogP contribution is 2.45. The number of thioether (sulfide) groups is 1. The lowest BCUT2D eigenvalue weighted by Crippen LogP contribution is -2.52. The van der Waals surface area contributed by atoms with E-state index < -0.39 is 22.2 Å². The Kier molecular flexibility index (Phi) is 15.0. The summed E-state index contributed by atoms with van der Waals surface area (Å²) in [5, 5.41) is 0.201. The number of benzene rings is 1. The van der Waals surface area contributed by atoms with Gasteiger partial charge in [-0.2, -0.15) is 0 Å². The first-order valence-corrected chi connectivity index (χ1v) is 23.3. The van der Waals surface area contributed by atoms with Crippen molar-refractivity contribution >= 4 is 34.4 Å². The van der Waals surface area contributed by atoms with Crippen molar-refractivity contribution in [3.63, 3.8) is 0 Å². The SMILES string of the molecule is COc1ccc(COC[C@H](C)[C@H](O[Si](C)(C)C(C)(C)C)[C@@H](C)SC(C)(C)C(CC(=O)OC(C)(C)C)O[Si](C)(C)C(C)(C)C)cc1. The summed E-state index contributed by atoms with van der Waals surface area (Å²) in [6, 6.07) is 8.01. The average molecular weight is 685 g/mol. The van der Waals surface area contributed by atoms with Gasteiger partial charge in [0.1, 0.15) is 11.4 Å². The van der Waals surface area contributed by atoms with Crippen molar-refractivity contribution < 1.29 is 27.9 Å². The summed E-state index contributed by atoms with van der Waals surface area (Å²) in [5.41, 5.74) is 0.563. The molecular weight excluding hydrogens is 617 g/mol. The van der Waals surface area contributed by atoms with Gasteiger partial charge < -0.3 is 23.1 Å². The molecule has 0 aliphatic rings. The van der Waals surface area contributed by atoms with E-state index in [1.165, 1.54) is 0 Å². The zero-order valence-electron chi connectivity index (χ0n) is 32.1. The van der Waals surface area contributed by atoms with Gasteiger partial charge in [0.05, 0.1) is 39.0 Å². The predicted molar refractivity (Wildman–Crippen MR) is 198 cm³/mol. The molecule has 1 unspecified atom stereocenters. The normalized spacial score (nSPS) is 16.6. The third-order valence-electron chi connectivity index (χ3n) is 9.35.